The molecular weight excluding hydrogens is 889 g/mol. The Morgan fingerprint density at radius 2 is 0.873 bits per heavy atom. The summed E-state index contributed by atoms with van der Waals surface area (Å²) in [6, 6.07) is 57.1. The predicted octanol–water partition coefficient (Wildman–Crippen LogP) is 8.48. The number of hydrogen-bond acceptors (Lipinski definition) is 8. The number of nitrogens with zero attached hydrogens (tertiary/aromatic N) is 2. The molecule has 2 aliphatic heterocycles. The Kier molecular flexibility index (Phi) is 10.1. The Balaban J connectivity index is 0.751. The van der Waals surface area contributed by atoms with Gasteiger partial charge in [-0.05, 0) is 98.5 Å². The third kappa shape index (κ3) is 6.17. The standard InChI is InChI=1S/C61H50N2O8/c1-69-34-60-46-19-9-5-15-42(46)50(43-16-6-10-20-47(43)60)52-54(60)58(67)62(56(52)65)38-27-23-36(24-28-38)31-37-25-29-39(30-26-37)63-57(66)53-51-44-17-7-11-21-48(44)61(55(53)59(63)68,49-22-12-8-18-45(49)51)35-70-32-40(64)33-71-41-13-3-2-4-14-41/h2-30,40,50-55,64H,31-35H2,1H3. The second kappa shape index (κ2) is 16.6. The molecule has 7 aromatic carbocycles. The molecule has 10 nitrogen and oxygen atoms in total. The van der Waals surface area contributed by atoms with Crippen LogP contribution < -0.4 is 14.5 Å². The third-order valence-electron chi connectivity index (χ3n) is 16.6. The van der Waals surface area contributed by atoms with Crippen LogP contribution in [0.3, 0.4) is 0 Å². The number of methoxy groups -OCH3 is 1. The van der Waals surface area contributed by atoms with E-state index in [1.54, 1.807) is 7.11 Å². The minimum atomic E-state index is -0.983. The van der Waals surface area contributed by atoms with Crippen molar-refractivity contribution < 1.29 is 38.5 Å². The smallest absolute Gasteiger partial charge is 0.239 e. The maximum atomic E-state index is 15.1. The lowest BCUT2D eigenvalue weighted by atomic mass is 9.47. The lowest BCUT2D eigenvalue weighted by Crippen LogP contribution is -2.56. The van der Waals surface area contributed by atoms with Gasteiger partial charge < -0.3 is 19.3 Å². The van der Waals surface area contributed by atoms with Crippen LogP contribution in [-0.4, -0.2) is 68.4 Å². The summed E-state index contributed by atoms with van der Waals surface area (Å²) in [4.78, 5) is 62.2. The number of aliphatic hydroxyl groups is 1. The van der Waals surface area contributed by atoms with Crippen molar-refractivity contribution in [2.75, 3.05) is 43.3 Å². The number of carbonyl (C=O) groups is 4. The van der Waals surface area contributed by atoms with Gasteiger partial charge in [-0.2, -0.15) is 0 Å². The van der Waals surface area contributed by atoms with E-state index in [0.29, 0.717) is 23.5 Å². The quantitative estimate of drug-likeness (QED) is 0.114. The number of imide groups is 2. The summed E-state index contributed by atoms with van der Waals surface area (Å²) in [5.41, 5.74) is 9.46. The van der Waals surface area contributed by atoms with Gasteiger partial charge in [0.25, 0.3) is 0 Å². The zero-order chi connectivity index (χ0) is 48.2. The maximum absolute atomic E-state index is 15.1. The molecule has 0 saturated carbocycles. The second-order valence-corrected chi connectivity index (χ2v) is 20.0. The van der Waals surface area contributed by atoms with Crippen LogP contribution in [0.2, 0.25) is 0 Å². The molecule has 2 heterocycles. The summed E-state index contributed by atoms with van der Waals surface area (Å²) in [5, 5.41) is 11.0. The molecule has 2 saturated heterocycles. The molecule has 6 aliphatic carbocycles. The number of amides is 4. The molecule has 4 amide bonds. The average molecular weight is 939 g/mol. The molecular formula is C61H50N2O8. The van der Waals surface area contributed by atoms with Crippen LogP contribution in [-0.2, 0) is 45.9 Å². The highest BCUT2D eigenvalue weighted by Crippen LogP contribution is 2.66. The molecule has 1 N–H and O–H groups in total. The van der Waals surface area contributed by atoms with E-state index in [4.69, 9.17) is 14.2 Å². The van der Waals surface area contributed by atoms with Crippen LogP contribution in [0.5, 0.6) is 5.75 Å². The Morgan fingerprint density at radius 3 is 1.30 bits per heavy atom. The molecule has 10 heteroatoms. The Labute approximate surface area is 411 Å². The summed E-state index contributed by atoms with van der Waals surface area (Å²) >= 11 is 0. The van der Waals surface area contributed by atoms with Gasteiger partial charge in [-0.25, -0.2) is 9.80 Å². The number of benzene rings is 7. The van der Waals surface area contributed by atoms with Gasteiger partial charge in [-0.15, -0.1) is 0 Å². The van der Waals surface area contributed by atoms with Crippen molar-refractivity contribution in [3.63, 3.8) is 0 Å². The molecule has 0 radical (unpaired) electrons. The van der Waals surface area contributed by atoms with Crippen LogP contribution in [0.25, 0.3) is 0 Å². The van der Waals surface area contributed by atoms with Gasteiger partial charge in [-0.3, -0.25) is 19.2 Å². The predicted molar refractivity (Wildman–Crippen MR) is 266 cm³/mol. The fourth-order valence-corrected chi connectivity index (χ4v) is 14.0. The fraction of sp³-hybridized carbons (Fsp3) is 0.246. The van der Waals surface area contributed by atoms with Gasteiger partial charge in [0.1, 0.15) is 18.5 Å². The maximum Gasteiger partial charge on any atom is 0.239 e. The second-order valence-electron chi connectivity index (χ2n) is 20.0. The molecule has 15 rings (SSSR count). The first-order valence-corrected chi connectivity index (χ1v) is 24.5. The van der Waals surface area contributed by atoms with E-state index in [0.717, 1.165) is 55.6 Å². The fourth-order valence-electron chi connectivity index (χ4n) is 14.0. The van der Waals surface area contributed by atoms with Crippen LogP contribution >= 0.6 is 0 Å². The van der Waals surface area contributed by atoms with E-state index in [-0.39, 0.29) is 61.9 Å². The highest BCUT2D eigenvalue weighted by molar-refractivity contribution is 6.25. The summed E-state index contributed by atoms with van der Waals surface area (Å²) in [5.74, 6) is -3.34. The van der Waals surface area contributed by atoms with Gasteiger partial charge in [0, 0.05) is 18.9 Å². The van der Waals surface area contributed by atoms with Crippen LogP contribution in [0.4, 0.5) is 11.4 Å². The zero-order valence-corrected chi connectivity index (χ0v) is 39.0. The normalized spacial score (nSPS) is 26.4. The van der Waals surface area contributed by atoms with Crippen molar-refractivity contribution in [3.05, 3.63) is 232 Å². The molecule has 0 spiro atoms. The van der Waals surface area contributed by atoms with Gasteiger partial charge in [0.2, 0.25) is 23.6 Å². The van der Waals surface area contributed by atoms with E-state index in [9.17, 15) is 19.5 Å². The van der Waals surface area contributed by atoms with Gasteiger partial charge in [0.15, 0.2) is 0 Å². The number of aliphatic hydroxyl groups excluding tert-OH is 1. The lowest BCUT2D eigenvalue weighted by Gasteiger charge is -2.54. The summed E-state index contributed by atoms with van der Waals surface area (Å²) in [7, 11) is 1.66. The molecule has 5 unspecified atom stereocenters. The molecule has 71 heavy (non-hydrogen) atoms. The average Bonchev–Trinajstić information content (AvgIpc) is 3.84. The molecule has 0 aromatic heterocycles. The topological polar surface area (TPSA) is 123 Å². The van der Waals surface area contributed by atoms with Gasteiger partial charge in [-0.1, -0.05) is 140 Å². The number of para-hydroxylation sites is 1. The Bertz CT molecular complexity index is 3200. The number of anilines is 2. The van der Waals surface area contributed by atoms with Crippen LogP contribution in [0.1, 0.15) is 67.5 Å². The van der Waals surface area contributed by atoms with Crippen molar-refractivity contribution >= 4 is 35.0 Å². The molecule has 4 bridgehead atoms. The molecule has 2 fully saturated rings. The number of carbonyl (C=O) groups excluding carboxylic acids is 4. The van der Waals surface area contributed by atoms with Gasteiger partial charge >= 0.3 is 0 Å². The minimum absolute atomic E-state index is 0.0222. The monoisotopic (exact) mass is 938 g/mol. The number of hydrogen-bond donors (Lipinski definition) is 1. The zero-order valence-electron chi connectivity index (χ0n) is 39.0. The van der Waals surface area contributed by atoms with Crippen molar-refractivity contribution in [2.45, 2.75) is 35.2 Å². The highest BCUT2D eigenvalue weighted by atomic mass is 16.5. The van der Waals surface area contributed by atoms with E-state index in [1.807, 2.05) is 127 Å². The van der Waals surface area contributed by atoms with Crippen molar-refractivity contribution in [1.82, 2.24) is 0 Å². The SMILES string of the molecule is COCC12c3ccccc3C(c3ccccc31)C1C(=O)N(c3ccc(Cc4ccc(N5C(=O)C6C7c8ccccc8C(COCC(O)COc8ccccc8)(c8ccccc87)C6C5=O)cc4)cc3)C(=O)C12. The van der Waals surface area contributed by atoms with Crippen molar-refractivity contribution in [3.8, 4) is 5.75 Å². The Morgan fingerprint density at radius 1 is 0.479 bits per heavy atom. The first-order chi connectivity index (χ1) is 34.8. The largest absolute Gasteiger partial charge is 0.491 e. The van der Waals surface area contributed by atoms with Crippen molar-refractivity contribution in [2.24, 2.45) is 23.7 Å². The van der Waals surface area contributed by atoms with E-state index < -0.39 is 40.6 Å². The van der Waals surface area contributed by atoms with Crippen LogP contribution in [0.15, 0.2) is 176 Å². The lowest BCUT2D eigenvalue weighted by molar-refractivity contribution is -0.125. The molecule has 7 aromatic rings. The summed E-state index contributed by atoms with van der Waals surface area (Å²) < 4.78 is 18.2. The third-order valence-corrected chi connectivity index (χ3v) is 16.6. The Hall–Kier alpha value is -7.50. The summed E-state index contributed by atoms with van der Waals surface area (Å²) in [6.45, 7) is 0.374. The van der Waals surface area contributed by atoms with E-state index >= 15 is 4.79 Å². The van der Waals surface area contributed by atoms with E-state index in [1.165, 1.54) is 9.80 Å². The first kappa shape index (κ1) is 43.5. The summed E-state index contributed by atoms with van der Waals surface area (Å²) in [6.07, 6.45) is -0.383. The highest BCUT2D eigenvalue weighted by Gasteiger charge is 2.70. The number of rotatable bonds is 13. The number of ether oxygens (including phenoxy) is 3. The molecule has 8 aliphatic rings. The van der Waals surface area contributed by atoms with Crippen molar-refractivity contribution in [1.29, 1.82) is 0 Å². The first-order valence-electron chi connectivity index (χ1n) is 24.5. The molecule has 352 valence electrons. The van der Waals surface area contributed by atoms with E-state index in [2.05, 4.69) is 48.5 Å². The van der Waals surface area contributed by atoms with Gasteiger partial charge in [0.05, 0.1) is 65.7 Å². The minimum Gasteiger partial charge on any atom is -0.491 e. The van der Waals surface area contributed by atoms with Crippen LogP contribution in [0, 0.1) is 23.7 Å². The molecule has 5 atom stereocenters.